The molecule has 28 heavy (non-hydrogen) atoms. The predicted molar refractivity (Wildman–Crippen MR) is 113 cm³/mol. The molecule has 2 N–H and O–H groups in total. The minimum Gasteiger partial charge on any atom is -0.489 e. The van der Waals surface area contributed by atoms with Gasteiger partial charge in [0.15, 0.2) is 0 Å². The minimum atomic E-state index is -0.768. The van der Waals surface area contributed by atoms with Gasteiger partial charge in [-0.25, -0.2) is 4.98 Å². The fraction of sp³-hybridized carbons (Fsp3) is 0.300. The van der Waals surface area contributed by atoms with E-state index < -0.39 is 3.55 Å². The molecule has 3 rings (SSSR count). The lowest BCUT2D eigenvalue weighted by Crippen LogP contribution is -2.43. The van der Waals surface area contributed by atoms with Gasteiger partial charge in [0.05, 0.1) is 24.8 Å². The van der Waals surface area contributed by atoms with Crippen LogP contribution in [0.15, 0.2) is 40.9 Å². The molecule has 1 atom stereocenters. The number of furan rings is 1. The van der Waals surface area contributed by atoms with E-state index in [9.17, 15) is 9.90 Å². The van der Waals surface area contributed by atoms with Crippen molar-refractivity contribution in [2.24, 2.45) is 0 Å². The maximum absolute atomic E-state index is 12.7. The van der Waals surface area contributed by atoms with Gasteiger partial charge < -0.3 is 24.3 Å². The molecule has 0 bridgehead atoms. The van der Waals surface area contributed by atoms with Gasteiger partial charge in [0.1, 0.15) is 27.2 Å². The number of pyridine rings is 1. The lowest BCUT2D eigenvalue weighted by atomic mass is 10.1. The molecule has 0 saturated carbocycles. The summed E-state index contributed by atoms with van der Waals surface area (Å²) in [5.41, 5.74) is 1.83. The van der Waals surface area contributed by atoms with Crippen LogP contribution in [-0.4, -0.2) is 33.3 Å². The van der Waals surface area contributed by atoms with Gasteiger partial charge >= 0.3 is 0 Å². The third-order valence-electron chi connectivity index (χ3n) is 4.17. The number of hydrogen-bond donors (Lipinski definition) is 2. The van der Waals surface area contributed by atoms with Gasteiger partial charge in [-0.2, -0.15) is 0 Å². The Bertz CT molecular complexity index is 999. The van der Waals surface area contributed by atoms with Crippen molar-refractivity contribution in [1.29, 1.82) is 0 Å². The molecule has 1 aromatic carbocycles. The van der Waals surface area contributed by atoms with E-state index in [-0.39, 0.29) is 19.1 Å². The normalized spacial score (nSPS) is 13.2. The van der Waals surface area contributed by atoms with E-state index in [4.69, 9.17) is 13.9 Å². The highest BCUT2D eigenvalue weighted by molar-refractivity contribution is 14.1. The molecule has 0 radical (unpaired) electrons. The molecule has 148 valence electrons. The number of nitrogens with one attached hydrogen (secondary N) is 1. The smallest absolute Gasteiger partial charge is 0.256 e. The van der Waals surface area contributed by atoms with Crippen LogP contribution in [0.2, 0.25) is 0 Å². The van der Waals surface area contributed by atoms with Gasteiger partial charge in [-0.1, -0.05) is 22.6 Å². The van der Waals surface area contributed by atoms with E-state index >= 15 is 0 Å². The van der Waals surface area contributed by atoms with Gasteiger partial charge in [-0.05, 0) is 44.2 Å². The number of aliphatic hydroxyl groups excluding tert-OH is 1. The van der Waals surface area contributed by atoms with Crippen LogP contribution in [0, 0.1) is 6.92 Å². The summed E-state index contributed by atoms with van der Waals surface area (Å²) in [7, 11) is 1.56. The molecule has 3 aromatic rings. The molecule has 0 spiro atoms. The Balaban J connectivity index is 1.87. The fourth-order valence-corrected chi connectivity index (χ4v) is 3.03. The number of carbonyl (C=O) groups excluding carboxylic acids is 1. The SMILES string of the molecule is COc1ncccc1COc1ccc2oc(C)c(C(=O)NC(C)(I)CO)c2c1. The van der Waals surface area contributed by atoms with Crippen molar-refractivity contribution < 1.29 is 23.8 Å². The molecule has 1 unspecified atom stereocenters. The average Bonchev–Trinajstić information content (AvgIpc) is 3.01. The number of hydrogen-bond acceptors (Lipinski definition) is 6. The number of ether oxygens (including phenoxy) is 2. The topological polar surface area (TPSA) is 93.8 Å². The van der Waals surface area contributed by atoms with E-state index in [0.717, 1.165) is 5.56 Å². The standard InChI is InChI=1S/C20H21IN2O5/c1-12-17(18(25)23-20(2,21)11-24)15-9-14(6-7-16(15)28-12)27-10-13-5-4-8-22-19(13)26-3/h4-9,24H,10-11H2,1-3H3,(H,23,25). The zero-order valence-corrected chi connectivity index (χ0v) is 17.9. The number of methoxy groups -OCH3 is 1. The van der Waals surface area contributed by atoms with Crippen LogP contribution < -0.4 is 14.8 Å². The first-order valence-electron chi connectivity index (χ1n) is 8.61. The number of carbonyl (C=O) groups is 1. The second kappa shape index (κ2) is 8.36. The molecule has 0 aliphatic heterocycles. The third kappa shape index (κ3) is 4.39. The van der Waals surface area contributed by atoms with Crippen LogP contribution in [0.1, 0.15) is 28.6 Å². The van der Waals surface area contributed by atoms with Crippen molar-refractivity contribution in [2.75, 3.05) is 13.7 Å². The molecule has 2 heterocycles. The summed E-state index contributed by atoms with van der Waals surface area (Å²) < 4.78 is 16.1. The van der Waals surface area contributed by atoms with E-state index in [1.807, 2.05) is 34.7 Å². The summed E-state index contributed by atoms with van der Waals surface area (Å²) in [4.78, 5) is 16.9. The zero-order chi connectivity index (χ0) is 20.3. The number of amides is 1. The molecular formula is C20H21IN2O5. The average molecular weight is 496 g/mol. The molecule has 7 nitrogen and oxygen atoms in total. The summed E-state index contributed by atoms with van der Waals surface area (Å²) in [6.45, 7) is 3.56. The summed E-state index contributed by atoms with van der Waals surface area (Å²) >= 11 is 1.99. The van der Waals surface area contributed by atoms with Crippen LogP contribution in [0.4, 0.5) is 0 Å². The number of benzene rings is 1. The maximum atomic E-state index is 12.7. The van der Waals surface area contributed by atoms with Crippen LogP contribution in [0.3, 0.4) is 0 Å². The maximum Gasteiger partial charge on any atom is 0.256 e. The van der Waals surface area contributed by atoms with Crippen LogP contribution in [0.5, 0.6) is 11.6 Å². The van der Waals surface area contributed by atoms with E-state index in [1.165, 1.54) is 0 Å². The van der Waals surface area contributed by atoms with Crippen molar-refractivity contribution in [1.82, 2.24) is 10.3 Å². The number of aryl methyl sites for hydroxylation is 1. The van der Waals surface area contributed by atoms with Gasteiger partial charge in [0.2, 0.25) is 5.88 Å². The Morgan fingerprint density at radius 1 is 1.39 bits per heavy atom. The number of halogens is 1. The first kappa shape index (κ1) is 20.4. The monoisotopic (exact) mass is 496 g/mol. The highest BCUT2D eigenvalue weighted by Crippen LogP contribution is 2.30. The minimum absolute atomic E-state index is 0.185. The summed E-state index contributed by atoms with van der Waals surface area (Å²) in [5.74, 6) is 1.29. The molecule has 0 aliphatic rings. The highest BCUT2D eigenvalue weighted by atomic mass is 127. The molecule has 1 amide bonds. The van der Waals surface area contributed by atoms with E-state index in [2.05, 4.69) is 10.3 Å². The number of aromatic nitrogens is 1. The van der Waals surface area contributed by atoms with Crippen molar-refractivity contribution in [3.05, 3.63) is 53.4 Å². The predicted octanol–water partition coefficient (Wildman–Crippen LogP) is 3.60. The molecule has 0 fully saturated rings. The molecule has 0 aliphatic carbocycles. The van der Waals surface area contributed by atoms with Gasteiger partial charge in [-0.15, -0.1) is 0 Å². The first-order valence-corrected chi connectivity index (χ1v) is 9.68. The summed E-state index contributed by atoms with van der Waals surface area (Å²) in [6, 6.07) is 9.01. The number of aliphatic hydroxyl groups is 1. The lowest BCUT2D eigenvalue weighted by Gasteiger charge is -2.21. The first-order chi connectivity index (χ1) is 13.3. The molecular weight excluding hydrogens is 475 g/mol. The van der Waals surface area contributed by atoms with Gasteiger partial charge in [0, 0.05) is 11.6 Å². The van der Waals surface area contributed by atoms with Crippen LogP contribution >= 0.6 is 22.6 Å². The Hall–Kier alpha value is -2.33. The van der Waals surface area contributed by atoms with Crippen molar-refractivity contribution in [3.8, 4) is 11.6 Å². The van der Waals surface area contributed by atoms with E-state index in [1.54, 1.807) is 45.4 Å². The Morgan fingerprint density at radius 2 is 2.18 bits per heavy atom. The second-order valence-electron chi connectivity index (χ2n) is 6.46. The number of rotatable bonds is 7. The van der Waals surface area contributed by atoms with Gasteiger partial charge in [-0.3, -0.25) is 4.79 Å². The van der Waals surface area contributed by atoms with E-state index in [0.29, 0.717) is 33.9 Å². The third-order valence-corrected chi connectivity index (χ3v) is 4.78. The highest BCUT2D eigenvalue weighted by Gasteiger charge is 2.26. The largest absolute Gasteiger partial charge is 0.489 e. The summed E-state index contributed by atoms with van der Waals surface area (Å²) in [6.07, 6.45) is 1.65. The number of nitrogens with zero attached hydrogens (tertiary/aromatic N) is 1. The number of alkyl halides is 1. The lowest BCUT2D eigenvalue weighted by molar-refractivity contribution is 0.0916. The van der Waals surface area contributed by atoms with Crippen molar-refractivity contribution >= 4 is 39.5 Å². The second-order valence-corrected chi connectivity index (χ2v) is 8.84. The van der Waals surface area contributed by atoms with Crippen LogP contribution in [-0.2, 0) is 6.61 Å². The van der Waals surface area contributed by atoms with Crippen LogP contribution in [0.25, 0.3) is 11.0 Å². The number of fused-ring (bicyclic) bond motifs is 1. The molecule has 0 saturated heterocycles. The Morgan fingerprint density at radius 3 is 2.89 bits per heavy atom. The zero-order valence-electron chi connectivity index (χ0n) is 15.8. The fourth-order valence-electron chi connectivity index (χ4n) is 2.79. The summed E-state index contributed by atoms with van der Waals surface area (Å²) in [5, 5.41) is 12.9. The molecule has 8 heteroatoms. The Labute approximate surface area is 176 Å². The Kier molecular flexibility index (Phi) is 6.09. The van der Waals surface area contributed by atoms with Crippen molar-refractivity contribution in [3.63, 3.8) is 0 Å². The quantitative estimate of drug-likeness (QED) is 0.295. The molecule has 2 aromatic heterocycles. The van der Waals surface area contributed by atoms with Crippen molar-refractivity contribution in [2.45, 2.75) is 24.0 Å². The van der Waals surface area contributed by atoms with Gasteiger partial charge in [0.25, 0.3) is 5.91 Å².